The average molecular weight is 260 g/mol. The summed E-state index contributed by atoms with van der Waals surface area (Å²) >= 11 is 0. The molecule has 3 heteroatoms. The highest BCUT2D eigenvalue weighted by Crippen LogP contribution is 2.26. The number of likely N-dealkylation sites (tertiary alicyclic amines) is 1. The lowest BCUT2D eigenvalue weighted by atomic mass is 10.00. The number of rotatable bonds is 4. The summed E-state index contributed by atoms with van der Waals surface area (Å²) in [7, 11) is 0. The first kappa shape index (κ1) is 12.9. The number of hydrogen-bond acceptors (Lipinski definition) is 3. The third kappa shape index (κ3) is 2.93. The van der Waals surface area contributed by atoms with E-state index in [1.165, 1.54) is 37.2 Å². The zero-order valence-corrected chi connectivity index (χ0v) is 11.8. The molecule has 1 saturated heterocycles. The molecule has 1 N–H and O–H groups in total. The van der Waals surface area contributed by atoms with Crippen LogP contribution in [0.2, 0.25) is 0 Å². The van der Waals surface area contributed by atoms with Gasteiger partial charge >= 0.3 is 0 Å². The maximum atomic E-state index is 6.13. The molecule has 1 aromatic carbocycles. The molecule has 3 nitrogen and oxygen atoms in total. The molecule has 2 aliphatic rings. The van der Waals surface area contributed by atoms with E-state index in [2.05, 4.69) is 35.3 Å². The number of hydrogen-bond donors (Lipinski definition) is 1. The molecular formula is C16H24N2O. The third-order valence-corrected chi connectivity index (χ3v) is 4.39. The van der Waals surface area contributed by atoms with E-state index < -0.39 is 0 Å². The Bertz CT molecular complexity index is 433. The SMILES string of the molecule is CCN1CCC(COc2cccc3c2CCNC3)C1. The standard InChI is InChI=1S/C16H24N2O/c1-2-18-9-7-13(11-18)12-19-16-5-3-4-14-10-17-8-6-15(14)16/h3-5,13,17H,2,6-12H2,1H3. The van der Waals surface area contributed by atoms with Crippen LogP contribution >= 0.6 is 0 Å². The molecule has 1 unspecified atom stereocenters. The third-order valence-electron chi connectivity index (χ3n) is 4.39. The Balaban J connectivity index is 1.61. The quantitative estimate of drug-likeness (QED) is 0.897. The van der Waals surface area contributed by atoms with Crippen molar-refractivity contribution in [1.82, 2.24) is 10.2 Å². The van der Waals surface area contributed by atoms with Crippen molar-refractivity contribution in [2.45, 2.75) is 26.3 Å². The van der Waals surface area contributed by atoms with Crippen LogP contribution in [0.1, 0.15) is 24.5 Å². The van der Waals surface area contributed by atoms with Gasteiger partial charge in [-0.2, -0.15) is 0 Å². The van der Waals surface area contributed by atoms with Gasteiger partial charge in [0.25, 0.3) is 0 Å². The van der Waals surface area contributed by atoms with Crippen LogP contribution in [0.3, 0.4) is 0 Å². The summed E-state index contributed by atoms with van der Waals surface area (Å²) in [6.07, 6.45) is 2.38. The van der Waals surface area contributed by atoms with Gasteiger partial charge in [-0.25, -0.2) is 0 Å². The highest BCUT2D eigenvalue weighted by atomic mass is 16.5. The number of fused-ring (bicyclic) bond motifs is 1. The molecule has 0 bridgehead atoms. The van der Waals surface area contributed by atoms with E-state index in [9.17, 15) is 0 Å². The maximum Gasteiger partial charge on any atom is 0.122 e. The first-order chi connectivity index (χ1) is 9.36. The minimum absolute atomic E-state index is 0.706. The molecule has 1 aromatic rings. The van der Waals surface area contributed by atoms with Crippen molar-refractivity contribution in [3.63, 3.8) is 0 Å². The summed E-state index contributed by atoms with van der Waals surface area (Å²) in [5.41, 5.74) is 2.83. The molecule has 1 fully saturated rings. The minimum atomic E-state index is 0.706. The molecule has 1 atom stereocenters. The van der Waals surface area contributed by atoms with Crippen molar-refractivity contribution in [2.24, 2.45) is 5.92 Å². The van der Waals surface area contributed by atoms with Crippen LogP contribution in [-0.2, 0) is 13.0 Å². The number of nitrogens with one attached hydrogen (secondary N) is 1. The van der Waals surface area contributed by atoms with Gasteiger partial charge in [0.05, 0.1) is 6.61 Å². The van der Waals surface area contributed by atoms with Crippen LogP contribution in [0.4, 0.5) is 0 Å². The van der Waals surface area contributed by atoms with E-state index in [0.29, 0.717) is 5.92 Å². The number of nitrogens with zero attached hydrogens (tertiary/aromatic N) is 1. The Kier molecular flexibility index (Phi) is 4.04. The van der Waals surface area contributed by atoms with Crippen LogP contribution < -0.4 is 10.1 Å². The lowest BCUT2D eigenvalue weighted by molar-refractivity contribution is 0.241. The van der Waals surface area contributed by atoms with E-state index >= 15 is 0 Å². The van der Waals surface area contributed by atoms with Crippen LogP contribution in [0, 0.1) is 5.92 Å². The number of benzene rings is 1. The Morgan fingerprint density at radius 1 is 1.42 bits per heavy atom. The number of ether oxygens (including phenoxy) is 1. The normalized spacial score (nSPS) is 23.3. The van der Waals surface area contributed by atoms with Crippen molar-refractivity contribution < 1.29 is 4.74 Å². The molecule has 3 rings (SSSR count). The molecule has 104 valence electrons. The summed E-state index contributed by atoms with van der Waals surface area (Å²) in [5.74, 6) is 1.83. The van der Waals surface area contributed by atoms with Crippen LogP contribution in [-0.4, -0.2) is 37.7 Å². The molecule has 0 amide bonds. The Hall–Kier alpha value is -1.06. The van der Waals surface area contributed by atoms with Gasteiger partial charge in [-0.05, 0) is 49.7 Å². The fourth-order valence-corrected chi connectivity index (χ4v) is 3.18. The van der Waals surface area contributed by atoms with E-state index in [1.54, 1.807) is 0 Å². The monoisotopic (exact) mass is 260 g/mol. The van der Waals surface area contributed by atoms with Gasteiger partial charge in [-0.1, -0.05) is 19.1 Å². The summed E-state index contributed by atoms with van der Waals surface area (Å²) in [5, 5.41) is 3.42. The lowest BCUT2D eigenvalue weighted by Crippen LogP contribution is -2.25. The molecule has 0 aliphatic carbocycles. The average Bonchev–Trinajstić information content (AvgIpc) is 2.93. The van der Waals surface area contributed by atoms with Crippen LogP contribution in [0.25, 0.3) is 0 Å². The second kappa shape index (κ2) is 5.93. The molecule has 2 heterocycles. The highest BCUT2D eigenvalue weighted by Gasteiger charge is 2.22. The summed E-state index contributed by atoms with van der Waals surface area (Å²) < 4.78 is 6.13. The van der Waals surface area contributed by atoms with E-state index in [0.717, 1.165) is 31.9 Å². The Labute approximate surface area is 115 Å². The Morgan fingerprint density at radius 3 is 3.21 bits per heavy atom. The summed E-state index contributed by atoms with van der Waals surface area (Å²) in [6.45, 7) is 8.78. The van der Waals surface area contributed by atoms with Crippen molar-refractivity contribution in [2.75, 3.05) is 32.8 Å². The van der Waals surface area contributed by atoms with Crippen molar-refractivity contribution in [3.05, 3.63) is 29.3 Å². The maximum absolute atomic E-state index is 6.13. The van der Waals surface area contributed by atoms with E-state index in [4.69, 9.17) is 4.74 Å². The molecular weight excluding hydrogens is 236 g/mol. The van der Waals surface area contributed by atoms with Crippen LogP contribution in [0.15, 0.2) is 18.2 Å². The second-order valence-electron chi connectivity index (χ2n) is 5.68. The van der Waals surface area contributed by atoms with Crippen LogP contribution in [0.5, 0.6) is 5.75 Å². The fourth-order valence-electron chi connectivity index (χ4n) is 3.18. The lowest BCUT2D eigenvalue weighted by Gasteiger charge is -2.21. The smallest absolute Gasteiger partial charge is 0.122 e. The molecule has 0 saturated carbocycles. The molecule has 19 heavy (non-hydrogen) atoms. The predicted octanol–water partition coefficient (Wildman–Crippen LogP) is 2.05. The van der Waals surface area contributed by atoms with Gasteiger partial charge in [0.2, 0.25) is 0 Å². The summed E-state index contributed by atoms with van der Waals surface area (Å²) in [6, 6.07) is 6.47. The first-order valence-corrected chi connectivity index (χ1v) is 7.53. The topological polar surface area (TPSA) is 24.5 Å². The summed E-state index contributed by atoms with van der Waals surface area (Å²) in [4.78, 5) is 2.51. The zero-order valence-electron chi connectivity index (χ0n) is 11.8. The fraction of sp³-hybridized carbons (Fsp3) is 0.625. The molecule has 0 spiro atoms. The van der Waals surface area contributed by atoms with Crippen molar-refractivity contribution >= 4 is 0 Å². The second-order valence-corrected chi connectivity index (χ2v) is 5.68. The highest BCUT2D eigenvalue weighted by molar-refractivity contribution is 5.41. The van der Waals surface area contributed by atoms with Gasteiger partial charge in [0.15, 0.2) is 0 Å². The first-order valence-electron chi connectivity index (χ1n) is 7.53. The van der Waals surface area contributed by atoms with Crippen molar-refractivity contribution in [3.8, 4) is 5.75 Å². The molecule has 2 aliphatic heterocycles. The van der Waals surface area contributed by atoms with Gasteiger partial charge in [0.1, 0.15) is 5.75 Å². The van der Waals surface area contributed by atoms with Gasteiger partial charge in [0, 0.05) is 19.0 Å². The Morgan fingerprint density at radius 2 is 2.37 bits per heavy atom. The minimum Gasteiger partial charge on any atom is -0.493 e. The zero-order chi connectivity index (χ0) is 13.1. The van der Waals surface area contributed by atoms with E-state index in [-0.39, 0.29) is 0 Å². The van der Waals surface area contributed by atoms with Gasteiger partial charge < -0.3 is 15.0 Å². The van der Waals surface area contributed by atoms with E-state index in [1.807, 2.05) is 0 Å². The van der Waals surface area contributed by atoms with Gasteiger partial charge in [-0.15, -0.1) is 0 Å². The predicted molar refractivity (Wildman–Crippen MR) is 77.6 cm³/mol. The molecule has 0 aromatic heterocycles. The molecule has 0 radical (unpaired) electrons. The van der Waals surface area contributed by atoms with Crippen molar-refractivity contribution in [1.29, 1.82) is 0 Å². The largest absolute Gasteiger partial charge is 0.493 e. The van der Waals surface area contributed by atoms with Gasteiger partial charge in [-0.3, -0.25) is 0 Å².